The molecular formula is C9H16N6O2. The van der Waals surface area contributed by atoms with Crippen LogP contribution in [0.4, 0.5) is 17.6 Å². The smallest absolute Gasteiger partial charge is 0.328 e. The Morgan fingerprint density at radius 2 is 2.18 bits per heavy atom. The Morgan fingerprint density at radius 3 is 2.76 bits per heavy atom. The Morgan fingerprint density at radius 1 is 1.53 bits per heavy atom. The lowest BCUT2D eigenvalue weighted by Gasteiger charge is -2.13. The SMILES string of the molecule is CCOC(=O)C(C)Nc1cc(NN)nc(N)n1. The van der Waals surface area contributed by atoms with E-state index in [2.05, 4.69) is 20.7 Å². The Kier molecular flexibility index (Phi) is 4.46. The van der Waals surface area contributed by atoms with Gasteiger partial charge in [0.05, 0.1) is 6.61 Å². The quantitative estimate of drug-likeness (QED) is 0.314. The van der Waals surface area contributed by atoms with Crippen LogP contribution in [0.5, 0.6) is 0 Å². The number of nitrogens with two attached hydrogens (primary N) is 2. The number of anilines is 3. The molecule has 0 bridgehead atoms. The van der Waals surface area contributed by atoms with Gasteiger partial charge in [0.25, 0.3) is 0 Å². The van der Waals surface area contributed by atoms with Crippen molar-refractivity contribution in [3.8, 4) is 0 Å². The molecule has 1 aromatic heterocycles. The zero-order chi connectivity index (χ0) is 12.8. The molecule has 0 amide bonds. The minimum atomic E-state index is -0.533. The fourth-order valence-corrected chi connectivity index (χ4v) is 1.16. The van der Waals surface area contributed by atoms with Crippen LogP contribution in [0, 0.1) is 0 Å². The van der Waals surface area contributed by atoms with E-state index in [0.29, 0.717) is 18.2 Å². The van der Waals surface area contributed by atoms with Gasteiger partial charge in [0, 0.05) is 6.07 Å². The average Bonchev–Trinajstić information content (AvgIpc) is 2.28. The van der Waals surface area contributed by atoms with Gasteiger partial charge in [-0.15, -0.1) is 0 Å². The lowest BCUT2D eigenvalue weighted by atomic mass is 10.3. The average molecular weight is 240 g/mol. The molecule has 0 saturated carbocycles. The second-order valence-corrected chi connectivity index (χ2v) is 3.26. The normalized spacial score (nSPS) is 11.7. The van der Waals surface area contributed by atoms with Gasteiger partial charge >= 0.3 is 5.97 Å². The van der Waals surface area contributed by atoms with Crippen molar-refractivity contribution in [2.24, 2.45) is 5.84 Å². The van der Waals surface area contributed by atoms with Crippen LogP contribution in [-0.4, -0.2) is 28.6 Å². The number of hydrazine groups is 1. The van der Waals surface area contributed by atoms with E-state index in [4.69, 9.17) is 16.3 Å². The second kappa shape index (κ2) is 5.85. The van der Waals surface area contributed by atoms with E-state index in [1.165, 1.54) is 6.07 Å². The maximum absolute atomic E-state index is 11.4. The van der Waals surface area contributed by atoms with Crippen LogP contribution in [0.3, 0.4) is 0 Å². The summed E-state index contributed by atoms with van der Waals surface area (Å²) in [6.07, 6.45) is 0. The van der Waals surface area contributed by atoms with Crippen LogP contribution in [0.25, 0.3) is 0 Å². The van der Waals surface area contributed by atoms with Gasteiger partial charge in [-0.2, -0.15) is 9.97 Å². The third-order valence-corrected chi connectivity index (χ3v) is 1.90. The topological polar surface area (TPSA) is 128 Å². The maximum atomic E-state index is 11.4. The largest absolute Gasteiger partial charge is 0.464 e. The summed E-state index contributed by atoms with van der Waals surface area (Å²) in [6, 6.07) is 1.00. The Hall–Kier alpha value is -2.09. The van der Waals surface area contributed by atoms with Crippen molar-refractivity contribution in [3.05, 3.63) is 6.07 Å². The molecule has 6 N–H and O–H groups in total. The Labute approximate surface area is 98.7 Å². The number of esters is 1. The highest BCUT2D eigenvalue weighted by Crippen LogP contribution is 2.12. The molecule has 0 radical (unpaired) electrons. The first-order valence-corrected chi connectivity index (χ1v) is 5.11. The molecule has 0 saturated heterocycles. The zero-order valence-electron chi connectivity index (χ0n) is 9.73. The van der Waals surface area contributed by atoms with Crippen LogP contribution < -0.4 is 22.3 Å². The van der Waals surface area contributed by atoms with Crippen molar-refractivity contribution in [2.75, 3.05) is 23.1 Å². The number of ether oxygens (including phenoxy) is 1. The van der Waals surface area contributed by atoms with Crippen molar-refractivity contribution in [2.45, 2.75) is 19.9 Å². The molecule has 1 heterocycles. The third-order valence-electron chi connectivity index (χ3n) is 1.90. The van der Waals surface area contributed by atoms with Gasteiger partial charge in [0.1, 0.15) is 17.7 Å². The molecule has 0 fully saturated rings. The van der Waals surface area contributed by atoms with Crippen molar-refractivity contribution < 1.29 is 9.53 Å². The van der Waals surface area contributed by atoms with Gasteiger partial charge in [-0.25, -0.2) is 10.6 Å². The summed E-state index contributed by atoms with van der Waals surface area (Å²) in [5.41, 5.74) is 7.82. The predicted molar refractivity (Wildman–Crippen MR) is 64.0 cm³/mol. The highest BCUT2D eigenvalue weighted by molar-refractivity contribution is 5.78. The van der Waals surface area contributed by atoms with E-state index in [1.54, 1.807) is 13.8 Å². The van der Waals surface area contributed by atoms with Crippen LogP contribution in [0.2, 0.25) is 0 Å². The summed E-state index contributed by atoms with van der Waals surface area (Å²) in [5.74, 6) is 5.65. The molecule has 1 aromatic rings. The predicted octanol–water partition coefficient (Wildman–Crippen LogP) is -0.292. The second-order valence-electron chi connectivity index (χ2n) is 3.26. The van der Waals surface area contributed by atoms with E-state index in [0.717, 1.165) is 0 Å². The molecule has 0 spiro atoms. The number of hydrogen-bond donors (Lipinski definition) is 4. The summed E-state index contributed by atoms with van der Waals surface area (Å²) in [7, 11) is 0. The van der Waals surface area contributed by atoms with Gasteiger partial charge in [-0.1, -0.05) is 0 Å². The summed E-state index contributed by atoms with van der Waals surface area (Å²) in [4.78, 5) is 19.1. The number of nitrogens with one attached hydrogen (secondary N) is 2. The fraction of sp³-hybridized carbons (Fsp3) is 0.444. The molecule has 0 aliphatic carbocycles. The summed E-state index contributed by atoms with van der Waals surface area (Å²) in [6.45, 7) is 3.72. The molecule has 17 heavy (non-hydrogen) atoms. The number of nitrogen functional groups attached to an aromatic ring is 2. The lowest BCUT2D eigenvalue weighted by molar-refractivity contribution is -0.143. The standard InChI is InChI=1S/C9H16N6O2/c1-3-17-8(16)5(2)12-6-4-7(15-11)14-9(10)13-6/h4-5H,3,11H2,1-2H3,(H4,10,12,13,14,15). The summed E-state index contributed by atoms with van der Waals surface area (Å²) >= 11 is 0. The minimum Gasteiger partial charge on any atom is -0.464 e. The van der Waals surface area contributed by atoms with Crippen LogP contribution in [-0.2, 0) is 9.53 Å². The molecule has 94 valence electrons. The van der Waals surface area contributed by atoms with E-state index >= 15 is 0 Å². The van der Waals surface area contributed by atoms with Crippen molar-refractivity contribution >= 4 is 23.6 Å². The van der Waals surface area contributed by atoms with Crippen LogP contribution >= 0.6 is 0 Å². The Bertz CT molecular complexity index is 397. The van der Waals surface area contributed by atoms with Gasteiger partial charge in [-0.05, 0) is 13.8 Å². The first kappa shape index (κ1) is 13.0. The monoisotopic (exact) mass is 240 g/mol. The number of carbonyl (C=O) groups is 1. The number of nitrogens with zero attached hydrogens (tertiary/aromatic N) is 2. The van der Waals surface area contributed by atoms with E-state index in [1.807, 2.05) is 0 Å². The molecular weight excluding hydrogens is 224 g/mol. The van der Waals surface area contributed by atoms with Crippen LogP contribution in [0.15, 0.2) is 6.07 Å². The highest BCUT2D eigenvalue weighted by atomic mass is 16.5. The zero-order valence-corrected chi connectivity index (χ0v) is 9.73. The maximum Gasteiger partial charge on any atom is 0.328 e. The number of rotatable bonds is 5. The molecule has 8 heteroatoms. The fourth-order valence-electron chi connectivity index (χ4n) is 1.16. The summed E-state index contributed by atoms with van der Waals surface area (Å²) < 4.78 is 4.85. The van der Waals surface area contributed by atoms with Crippen molar-refractivity contribution in [1.82, 2.24) is 9.97 Å². The van der Waals surface area contributed by atoms with Gasteiger partial charge in [0.15, 0.2) is 0 Å². The summed E-state index contributed by atoms with van der Waals surface area (Å²) in [5, 5.41) is 2.84. The van der Waals surface area contributed by atoms with E-state index in [9.17, 15) is 4.79 Å². The molecule has 8 nitrogen and oxygen atoms in total. The molecule has 0 aliphatic rings. The minimum absolute atomic E-state index is 0.0546. The van der Waals surface area contributed by atoms with Crippen LogP contribution in [0.1, 0.15) is 13.8 Å². The first-order valence-electron chi connectivity index (χ1n) is 5.11. The Balaban J connectivity index is 2.73. The lowest BCUT2D eigenvalue weighted by Crippen LogP contribution is -2.28. The molecule has 1 unspecified atom stereocenters. The van der Waals surface area contributed by atoms with E-state index in [-0.39, 0.29) is 11.9 Å². The third kappa shape index (κ3) is 3.76. The van der Waals surface area contributed by atoms with Gasteiger partial charge in [0.2, 0.25) is 5.95 Å². The molecule has 0 aliphatic heterocycles. The highest BCUT2D eigenvalue weighted by Gasteiger charge is 2.14. The number of aromatic nitrogens is 2. The van der Waals surface area contributed by atoms with Gasteiger partial charge in [-0.3, -0.25) is 0 Å². The number of hydrogen-bond acceptors (Lipinski definition) is 8. The van der Waals surface area contributed by atoms with E-state index < -0.39 is 6.04 Å². The molecule has 1 atom stereocenters. The molecule has 1 rings (SSSR count). The van der Waals surface area contributed by atoms with Gasteiger partial charge < -0.3 is 21.2 Å². The van der Waals surface area contributed by atoms with Crippen molar-refractivity contribution in [3.63, 3.8) is 0 Å². The first-order chi connectivity index (χ1) is 8.06. The molecule has 0 aromatic carbocycles. The van der Waals surface area contributed by atoms with Crippen molar-refractivity contribution in [1.29, 1.82) is 0 Å². The number of carbonyl (C=O) groups excluding carboxylic acids is 1.